The molecule has 1 fully saturated rings. The number of nitrogens with one attached hydrogen (secondary N) is 1. The van der Waals surface area contributed by atoms with Gasteiger partial charge in [-0.3, -0.25) is 4.79 Å². The lowest BCUT2D eigenvalue weighted by molar-refractivity contribution is 0.0955. The van der Waals surface area contributed by atoms with Crippen LogP contribution in [0.3, 0.4) is 0 Å². The van der Waals surface area contributed by atoms with Crippen molar-refractivity contribution in [1.29, 1.82) is 0 Å². The lowest BCUT2D eigenvalue weighted by Crippen LogP contribution is -2.25. The van der Waals surface area contributed by atoms with E-state index in [1.165, 1.54) is 24.2 Å². The predicted molar refractivity (Wildman–Crippen MR) is 68.0 cm³/mol. The van der Waals surface area contributed by atoms with Crippen LogP contribution in [0.25, 0.3) is 0 Å². The second-order valence-corrected chi connectivity index (χ2v) is 5.01. The molecule has 3 nitrogen and oxygen atoms in total. The highest BCUT2D eigenvalue weighted by atomic mass is 32.1. The van der Waals surface area contributed by atoms with E-state index in [4.69, 9.17) is 5.11 Å². The summed E-state index contributed by atoms with van der Waals surface area (Å²) >= 11 is 1.41. The van der Waals surface area contributed by atoms with E-state index in [1.807, 2.05) is 11.4 Å². The van der Waals surface area contributed by atoms with Gasteiger partial charge in [-0.05, 0) is 30.2 Å². The molecule has 2 rings (SSSR count). The maximum absolute atomic E-state index is 11.9. The minimum atomic E-state index is -0.0276. The fourth-order valence-electron chi connectivity index (χ4n) is 1.44. The van der Waals surface area contributed by atoms with Crippen LogP contribution in [0.2, 0.25) is 0 Å². The number of thiophene rings is 1. The van der Waals surface area contributed by atoms with Gasteiger partial charge in [-0.1, -0.05) is 11.8 Å². The first kappa shape index (κ1) is 12.2. The average Bonchev–Trinajstić information content (AvgIpc) is 3.04. The Hall–Kier alpha value is -1.31. The van der Waals surface area contributed by atoms with Crippen LogP contribution in [0, 0.1) is 17.8 Å². The van der Waals surface area contributed by atoms with Gasteiger partial charge in [0.05, 0.1) is 6.61 Å². The van der Waals surface area contributed by atoms with Crippen molar-refractivity contribution in [3.63, 3.8) is 0 Å². The number of amides is 1. The summed E-state index contributed by atoms with van der Waals surface area (Å²) in [5, 5.41) is 13.4. The van der Waals surface area contributed by atoms with Gasteiger partial charge >= 0.3 is 0 Å². The maximum atomic E-state index is 11.9. The van der Waals surface area contributed by atoms with Crippen molar-refractivity contribution in [2.75, 3.05) is 13.2 Å². The number of carbonyl (C=O) groups excluding carboxylic acids is 1. The van der Waals surface area contributed by atoms with Crippen molar-refractivity contribution in [3.8, 4) is 11.8 Å². The van der Waals surface area contributed by atoms with Gasteiger partial charge in [0.25, 0.3) is 5.91 Å². The summed E-state index contributed by atoms with van der Waals surface area (Å²) in [6, 6.07) is 1.85. The summed E-state index contributed by atoms with van der Waals surface area (Å²) in [6.07, 6.45) is 2.90. The Balaban J connectivity index is 1.97. The largest absolute Gasteiger partial charge is 0.395 e. The highest BCUT2D eigenvalue weighted by molar-refractivity contribution is 7.12. The van der Waals surface area contributed by atoms with Crippen molar-refractivity contribution in [2.24, 2.45) is 5.92 Å². The summed E-state index contributed by atoms with van der Waals surface area (Å²) in [5.74, 6) is 6.41. The lowest BCUT2D eigenvalue weighted by Gasteiger charge is -2.01. The summed E-state index contributed by atoms with van der Waals surface area (Å²) < 4.78 is 0. The molecule has 1 heterocycles. The molecular formula is C13H15NO2S. The Labute approximate surface area is 105 Å². The summed E-state index contributed by atoms with van der Waals surface area (Å²) in [4.78, 5) is 12.6. The second kappa shape index (κ2) is 5.85. The number of rotatable bonds is 4. The van der Waals surface area contributed by atoms with Crippen LogP contribution in [0.5, 0.6) is 0 Å². The fraction of sp³-hybridized carbons (Fsp3) is 0.462. The van der Waals surface area contributed by atoms with Crippen molar-refractivity contribution in [2.45, 2.75) is 19.3 Å². The Morgan fingerprint density at radius 3 is 3.12 bits per heavy atom. The first-order chi connectivity index (χ1) is 8.31. The van der Waals surface area contributed by atoms with Gasteiger partial charge in [-0.25, -0.2) is 0 Å². The quantitative estimate of drug-likeness (QED) is 0.797. The monoisotopic (exact) mass is 249 g/mol. The van der Waals surface area contributed by atoms with Crippen LogP contribution in [0.4, 0.5) is 0 Å². The van der Waals surface area contributed by atoms with Crippen LogP contribution in [-0.4, -0.2) is 24.2 Å². The molecule has 0 unspecified atom stereocenters. The molecule has 2 N–H and O–H groups in total. The zero-order valence-corrected chi connectivity index (χ0v) is 10.3. The van der Waals surface area contributed by atoms with Gasteiger partial charge in [0.1, 0.15) is 4.88 Å². The van der Waals surface area contributed by atoms with E-state index in [0.29, 0.717) is 17.2 Å². The molecule has 0 bridgehead atoms. The number of aliphatic hydroxyl groups excluding tert-OH is 1. The number of hydrogen-bond acceptors (Lipinski definition) is 3. The van der Waals surface area contributed by atoms with Crippen molar-refractivity contribution >= 4 is 17.2 Å². The predicted octanol–water partition coefficient (Wildman–Crippen LogP) is 1.62. The molecule has 17 heavy (non-hydrogen) atoms. The molecular weight excluding hydrogens is 234 g/mol. The Morgan fingerprint density at radius 1 is 1.59 bits per heavy atom. The van der Waals surface area contributed by atoms with Crippen LogP contribution in [-0.2, 0) is 0 Å². The van der Waals surface area contributed by atoms with E-state index in [9.17, 15) is 4.79 Å². The molecule has 0 radical (unpaired) electrons. The molecule has 1 aromatic heterocycles. The van der Waals surface area contributed by atoms with Crippen LogP contribution >= 0.6 is 11.3 Å². The molecule has 1 aliphatic carbocycles. The molecule has 1 saturated carbocycles. The van der Waals surface area contributed by atoms with Gasteiger partial charge in [-0.15, -0.1) is 11.3 Å². The van der Waals surface area contributed by atoms with Gasteiger partial charge in [0.2, 0.25) is 0 Å². The molecule has 0 spiro atoms. The molecule has 1 aromatic rings. The van der Waals surface area contributed by atoms with Crippen LogP contribution in [0.1, 0.15) is 34.5 Å². The summed E-state index contributed by atoms with van der Waals surface area (Å²) in [6.45, 7) is 0.834. The molecule has 0 atom stereocenters. The smallest absolute Gasteiger partial charge is 0.262 e. The first-order valence-corrected chi connectivity index (χ1v) is 6.64. The first-order valence-electron chi connectivity index (χ1n) is 5.76. The molecule has 1 amide bonds. The average molecular weight is 249 g/mol. The SMILES string of the molecule is O=C(NCC1CC1)c1sccc1C#CCCO. The molecule has 1 aliphatic rings. The topological polar surface area (TPSA) is 49.3 Å². The molecule has 0 aliphatic heterocycles. The zero-order valence-electron chi connectivity index (χ0n) is 9.53. The van der Waals surface area contributed by atoms with Gasteiger partial charge < -0.3 is 10.4 Å². The minimum Gasteiger partial charge on any atom is -0.395 e. The molecule has 90 valence electrons. The lowest BCUT2D eigenvalue weighted by atomic mass is 10.2. The van der Waals surface area contributed by atoms with E-state index in [-0.39, 0.29) is 12.5 Å². The molecule has 0 saturated heterocycles. The normalized spacial score (nSPS) is 13.9. The van der Waals surface area contributed by atoms with E-state index in [2.05, 4.69) is 17.2 Å². The minimum absolute atomic E-state index is 0.0276. The van der Waals surface area contributed by atoms with E-state index >= 15 is 0 Å². The third kappa shape index (κ3) is 3.58. The highest BCUT2D eigenvalue weighted by Gasteiger charge is 2.22. The van der Waals surface area contributed by atoms with Crippen LogP contribution < -0.4 is 5.32 Å². The highest BCUT2D eigenvalue weighted by Crippen LogP contribution is 2.27. The molecule has 4 heteroatoms. The molecule has 0 aromatic carbocycles. The third-order valence-corrected chi connectivity index (χ3v) is 3.49. The van der Waals surface area contributed by atoms with Crippen molar-refractivity contribution < 1.29 is 9.90 Å². The van der Waals surface area contributed by atoms with E-state index < -0.39 is 0 Å². The maximum Gasteiger partial charge on any atom is 0.262 e. The Morgan fingerprint density at radius 2 is 2.41 bits per heavy atom. The zero-order chi connectivity index (χ0) is 12.1. The van der Waals surface area contributed by atoms with Crippen molar-refractivity contribution in [1.82, 2.24) is 5.32 Å². The summed E-state index contributed by atoms with van der Waals surface area (Å²) in [5.41, 5.74) is 0.761. The standard InChI is InChI=1S/C13H15NO2S/c15-7-2-1-3-11-6-8-17-12(11)13(16)14-9-10-4-5-10/h6,8,10,15H,2,4-5,7,9H2,(H,14,16). The fourth-order valence-corrected chi connectivity index (χ4v) is 2.20. The van der Waals surface area contributed by atoms with Gasteiger partial charge in [-0.2, -0.15) is 0 Å². The Bertz CT molecular complexity index is 451. The van der Waals surface area contributed by atoms with Gasteiger partial charge in [0, 0.05) is 18.5 Å². The van der Waals surface area contributed by atoms with E-state index in [1.54, 1.807) is 0 Å². The van der Waals surface area contributed by atoms with Crippen molar-refractivity contribution in [3.05, 3.63) is 21.9 Å². The third-order valence-electron chi connectivity index (χ3n) is 2.58. The summed E-state index contributed by atoms with van der Waals surface area (Å²) in [7, 11) is 0. The van der Waals surface area contributed by atoms with Crippen LogP contribution in [0.15, 0.2) is 11.4 Å². The van der Waals surface area contributed by atoms with E-state index in [0.717, 1.165) is 12.1 Å². The second-order valence-electron chi connectivity index (χ2n) is 4.09. The van der Waals surface area contributed by atoms with Gasteiger partial charge in [0.15, 0.2) is 0 Å². The number of carbonyl (C=O) groups is 1. The number of aliphatic hydroxyl groups is 1. The Kier molecular flexibility index (Phi) is 4.18. The number of hydrogen-bond donors (Lipinski definition) is 2.